The van der Waals surface area contributed by atoms with Gasteiger partial charge in [0.2, 0.25) is 0 Å². The van der Waals surface area contributed by atoms with Crippen LogP contribution in [0.5, 0.6) is 0 Å². The molecule has 0 amide bonds. The standard InChI is InChI=1S/2C15H21OSi.C2H4.2ClH.Zr/c2*1-15(2,3)17(4,5)16-14-10-12-8-6-7-9-13(12)11-14;1-2;;;/h2*6-11H,1-5H3;1H,2H3;2*1H;/q;;;;;+2/p-2. The molecule has 0 aliphatic heterocycles. The van der Waals surface area contributed by atoms with Gasteiger partial charge in [0.25, 0.3) is 0 Å². The van der Waals surface area contributed by atoms with E-state index in [9.17, 15) is 0 Å². The van der Waals surface area contributed by atoms with E-state index >= 15 is 0 Å². The van der Waals surface area contributed by atoms with Crippen molar-refractivity contribution in [2.75, 3.05) is 0 Å². The number of halogens is 2. The van der Waals surface area contributed by atoms with Gasteiger partial charge in [0.1, 0.15) is 0 Å². The Hall–Kier alpha value is -0.713. The Balaban J connectivity index is 1.95. The van der Waals surface area contributed by atoms with Gasteiger partial charge in [-0.3, -0.25) is 0 Å². The molecule has 2 atom stereocenters. The van der Waals surface area contributed by atoms with Crippen molar-refractivity contribution in [2.24, 2.45) is 0 Å². The van der Waals surface area contributed by atoms with Crippen LogP contribution in [0.4, 0.5) is 0 Å². The molecule has 0 bridgehead atoms. The minimum atomic E-state index is -5.08. The molecule has 0 saturated carbocycles. The molecule has 2 aliphatic rings. The number of allylic oxidation sites excluding steroid dienone is 2. The third-order valence-electron chi connectivity index (χ3n) is 9.79. The van der Waals surface area contributed by atoms with Crippen molar-refractivity contribution in [3.8, 4) is 0 Å². The summed E-state index contributed by atoms with van der Waals surface area (Å²) in [6.45, 7) is 24.9. The number of rotatable bonds is 6. The summed E-state index contributed by atoms with van der Waals surface area (Å²) in [4.78, 5) is 0. The summed E-state index contributed by atoms with van der Waals surface area (Å²) >= 11 is -5.08. The van der Waals surface area contributed by atoms with Crippen LogP contribution in [-0.4, -0.2) is 20.3 Å². The summed E-state index contributed by atoms with van der Waals surface area (Å²) in [6.07, 6.45) is 4.42. The second-order valence-corrected chi connectivity index (χ2v) is 45.3. The summed E-state index contributed by atoms with van der Waals surface area (Å²) < 4.78 is 16.0. The van der Waals surface area contributed by atoms with Crippen molar-refractivity contribution in [1.82, 2.24) is 0 Å². The van der Waals surface area contributed by atoms with Gasteiger partial charge in [0, 0.05) is 0 Å². The van der Waals surface area contributed by atoms with Gasteiger partial charge >= 0.3 is 249 Å². The topological polar surface area (TPSA) is 18.5 Å². The third-order valence-corrected chi connectivity index (χ3v) is 37.3. The van der Waals surface area contributed by atoms with Crippen LogP contribution in [0.25, 0.3) is 12.2 Å². The van der Waals surface area contributed by atoms with Crippen molar-refractivity contribution in [3.63, 3.8) is 0 Å². The molecule has 2 aliphatic carbocycles. The number of hydrogen-bond acceptors (Lipinski definition) is 2. The summed E-state index contributed by atoms with van der Waals surface area (Å²) in [5.74, 6) is 1.88. The fourth-order valence-electron chi connectivity index (χ4n) is 5.30. The fourth-order valence-corrected chi connectivity index (χ4v) is 23.4. The SMILES string of the molecule is C[CH]=[Zr]([Cl])([Cl])([CH]1C(O[Si](C)(C)C(C)(C)C)=Cc2ccccc21)[CH]1C(O[Si](C)(C)C(C)(C)C)=Cc2ccccc21. The summed E-state index contributed by atoms with van der Waals surface area (Å²) in [5, 5.41) is 0.0903. The molecule has 7 heteroatoms. The predicted octanol–water partition coefficient (Wildman–Crippen LogP) is 11.0. The Labute approximate surface area is 246 Å². The molecule has 0 heterocycles. The molecule has 4 rings (SSSR count). The molecule has 0 aromatic heterocycles. The zero-order valence-corrected chi connectivity index (χ0v) is 31.5. The number of fused-ring (bicyclic) bond motifs is 2. The van der Waals surface area contributed by atoms with Crippen LogP contribution in [0.1, 0.15) is 78.0 Å². The van der Waals surface area contributed by atoms with Crippen LogP contribution < -0.4 is 0 Å². The molecule has 2 nitrogen and oxygen atoms in total. The van der Waals surface area contributed by atoms with Crippen molar-refractivity contribution in [2.45, 2.75) is 92.0 Å². The molecule has 0 N–H and O–H groups in total. The Morgan fingerprint density at radius 2 is 1.00 bits per heavy atom. The minimum absolute atomic E-state index is 0.0451. The summed E-state index contributed by atoms with van der Waals surface area (Å²) in [7, 11) is 12.1. The molecular formula is C32H46Cl2O2Si2Zr. The molecule has 39 heavy (non-hydrogen) atoms. The van der Waals surface area contributed by atoms with Gasteiger partial charge in [-0.15, -0.1) is 0 Å². The average Bonchev–Trinajstić information content (AvgIpc) is 3.35. The van der Waals surface area contributed by atoms with E-state index in [2.05, 4.69) is 139 Å². The van der Waals surface area contributed by atoms with Crippen LogP contribution in [0.2, 0.25) is 36.3 Å². The summed E-state index contributed by atoms with van der Waals surface area (Å²) in [6, 6.07) is 17.1. The predicted molar refractivity (Wildman–Crippen MR) is 174 cm³/mol. The van der Waals surface area contributed by atoms with Gasteiger partial charge in [0.05, 0.1) is 0 Å². The molecule has 0 spiro atoms. The first-order chi connectivity index (χ1) is 17.7. The van der Waals surface area contributed by atoms with Gasteiger partial charge < -0.3 is 0 Å². The van der Waals surface area contributed by atoms with E-state index < -0.39 is 32.5 Å². The third kappa shape index (κ3) is 5.34. The Bertz CT molecular complexity index is 1320. The van der Waals surface area contributed by atoms with Crippen LogP contribution in [0.3, 0.4) is 0 Å². The second kappa shape index (κ2) is 9.94. The fraction of sp³-hybridized carbons (Fsp3) is 0.469. The van der Waals surface area contributed by atoms with E-state index in [4.69, 9.17) is 25.9 Å². The average molecular weight is 681 g/mol. The molecule has 0 radical (unpaired) electrons. The van der Waals surface area contributed by atoms with Crippen molar-refractivity contribution in [3.05, 3.63) is 82.3 Å². The molecule has 2 aromatic carbocycles. The van der Waals surface area contributed by atoms with Crippen molar-refractivity contribution < 1.29 is 24.8 Å². The first kappa shape index (κ1) is 31.2. The van der Waals surface area contributed by atoms with E-state index in [0.29, 0.717) is 0 Å². The quantitative estimate of drug-likeness (QED) is 0.283. The van der Waals surface area contributed by atoms with Crippen molar-refractivity contribution >= 4 is 49.5 Å². The maximum absolute atomic E-state index is 8.23. The molecule has 212 valence electrons. The summed E-state index contributed by atoms with van der Waals surface area (Å²) in [5.41, 5.74) is 4.66. The molecule has 2 unspecified atom stereocenters. The zero-order valence-electron chi connectivity index (χ0n) is 25.6. The normalized spacial score (nSPS) is 20.2. The molecule has 0 saturated heterocycles. The van der Waals surface area contributed by atoms with Gasteiger partial charge in [-0.25, -0.2) is 0 Å². The number of benzene rings is 2. The van der Waals surface area contributed by atoms with Crippen LogP contribution in [-0.2, 0) is 24.8 Å². The van der Waals surface area contributed by atoms with E-state index in [1.54, 1.807) is 0 Å². The van der Waals surface area contributed by atoms with Gasteiger partial charge in [0.15, 0.2) is 0 Å². The van der Waals surface area contributed by atoms with Gasteiger partial charge in [-0.2, -0.15) is 0 Å². The first-order valence-electron chi connectivity index (χ1n) is 14.1. The van der Waals surface area contributed by atoms with E-state index in [0.717, 1.165) is 22.6 Å². The van der Waals surface area contributed by atoms with Crippen LogP contribution >= 0.6 is 17.0 Å². The molecule has 2 aromatic rings. The van der Waals surface area contributed by atoms with E-state index in [1.807, 2.05) is 0 Å². The number of hydrogen-bond donors (Lipinski definition) is 0. The van der Waals surface area contributed by atoms with Crippen LogP contribution in [0.15, 0.2) is 60.0 Å². The zero-order chi connectivity index (χ0) is 29.3. The van der Waals surface area contributed by atoms with E-state index in [1.165, 1.54) is 11.1 Å². The Morgan fingerprint density at radius 3 is 1.31 bits per heavy atom. The monoisotopic (exact) mass is 678 g/mol. The van der Waals surface area contributed by atoms with Gasteiger partial charge in [-0.05, 0) is 0 Å². The Morgan fingerprint density at radius 1 is 0.667 bits per heavy atom. The van der Waals surface area contributed by atoms with Crippen molar-refractivity contribution in [1.29, 1.82) is 0 Å². The molecular weight excluding hydrogens is 635 g/mol. The molecule has 0 fully saturated rings. The second-order valence-electron chi connectivity index (χ2n) is 14.5. The maximum atomic E-state index is 8.23. The van der Waals surface area contributed by atoms with E-state index in [-0.39, 0.29) is 17.3 Å². The van der Waals surface area contributed by atoms with Gasteiger partial charge in [-0.1, -0.05) is 0 Å². The first-order valence-corrected chi connectivity index (χ1v) is 30.5. The Kier molecular flexibility index (Phi) is 7.96. The van der Waals surface area contributed by atoms with Crippen LogP contribution in [0, 0.1) is 0 Å².